The first-order valence-corrected chi connectivity index (χ1v) is 5.69. The van der Waals surface area contributed by atoms with Crippen LogP contribution in [0.1, 0.15) is 0 Å². The fourth-order valence-corrected chi connectivity index (χ4v) is 2.27. The predicted octanol–water partition coefficient (Wildman–Crippen LogP) is 1.73. The molecule has 0 aromatic heterocycles. The van der Waals surface area contributed by atoms with Gasteiger partial charge in [0.2, 0.25) is 0 Å². The average Bonchev–Trinajstić information content (AvgIpc) is 2.59. The van der Waals surface area contributed by atoms with Gasteiger partial charge in [0.15, 0.2) is 6.29 Å². The van der Waals surface area contributed by atoms with Crippen molar-refractivity contribution in [3.05, 3.63) is 28.7 Å². The van der Waals surface area contributed by atoms with E-state index in [1.807, 2.05) is 36.2 Å². The zero-order chi connectivity index (χ0) is 10.8. The van der Waals surface area contributed by atoms with E-state index in [1.54, 1.807) is 0 Å². The molecule has 4 heteroatoms. The van der Waals surface area contributed by atoms with E-state index in [0.29, 0.717) is 0 Å². The molecular weight excluding hydrogens is 256 g/mol. The first-order valence-electron chi connectivity index (χ1n) is 4.90. The van der Waals surface area contributed by atoms with Crippen LogP contribution < -0.4 is 4.90 Å². The number of aldehydes is 1. The average molecular weight is 269 g/mol. The van der Waals surface area contributed by atoms with Crippen LogP contribution in [-0.2, 0) is 4.79 Å². The first-order chi connectivity index (χ1) is 7.22. The summed E-state index contributed by atoms with van der Waals surface area (Å²) < 4.78 is 1.04. The molecule has 0 spiro atoms. The molecule has 3 nitrogen and oxygen atoms in total. The molecule has 0 saturated carbocycles. The molecule has 1 saturated heterocycles. The van der Waals surface area contributed by atoms with Gasteiger partial charge in [-0.3, -0.25) is 9.69 Å². The van der Waals surface area contributed by atoms with Crippen LogP contribution in [0.5, 0.6) is 0 Å². The molecule has 80 valence electrons. The number of carbonyl (C=O) groups excluding carboxylic acids is 1. The Balaban J connectivity index is 2.27. The summed E-state index contributed by atoms with van der Waals surface area (Å²) in [5.74, 6) is 0. The molecule has 1 fully saturated rings. The highest BCUT2D eigenvalue weighted by Crippen LogP contribution is 2.24. The maximum atomic E-state index is 11.0. The van der Waals surface area contributed by atoms with Gasteiger partial charge in [0.25, 0.3) is 0 Å². The summed E-state index contributed by atoms with van der Waals surface area (Å²) in [6, 6.07) is 8.04. The largest absolute Gasteiger partial charge is 0.348 e. The Labute approximate surface area is 97.8 Å². The molecule has 0 bridgehead atoms. The van der Waals surface area contributed by atoms with Gasteiger partial charge in [0.1, 0.15) is 6.17 Å². The van der Waals surface area contributed by atoms with Gasteiger partial charge >= 0.3 is 0 Å². The topological polar surface area (TPSA) is 23.6 Å². The molecule has 0 radical (unpaired) electrons. The number of nitrogens with zero attached hydrogens (tertiary/aromatic N) is 2. The van der Waals surface area contributed by atoms with Gasteiger partial charge in [-0.1, -0.05) is 22.0 Å². The van der Waals surface area contributed by atoms with E-state index in [0.717, 1.165) is 29.5 Å². The number of hydrogen-bond acceptors (Lipinski definition) is 3. The minimum absolute atomic E-state index is 0.126. The number of hydrogen-bond donors (Lipinski definition) is 0. The van der Waals surface area contributed by atoms with E-state index < -0.39 is 0 Å². The molecule has 1 unspecified atom stereocenters. The number of benzene rings is 1. The van der Waals surface area contributed by atoms with E-state index in [9.17, 15) is 4.79 Å². The summed E-state index contributed by atoms with van der Waals surface area (Å²) >= 11 is 3.44. The minimum atomic E-state index is -0.126. The number of anilines is 1. The Kier molecular flexibility index (Phi) is 3.07. The fourth-order valence-electron chi connectivity index (χ4n) is 1.88. The van der Waals surface area contributed by atoms with Crippen molar-refractivity contribution in [1.82, 2.24) is 4.90 Å². The number of halogens is 1. The molecule has 15 heavy (non-hydrogen) atoms. The quantitative estimate of drug-likeness (QED) is 0.764. The van der Waals surface area contributed by atoms with E-state index in [4.69, 9.17) is 0 Å². The van der Waals surface area contributed by atoms with Crippen molar-refractivity contribution in [3.8, 4) is 0 Å². The molecule has 1 aromatic rings. The highest BCUT2D eigenvalue weighted by Gasteiger charge is 2.28. The second-order valence-electron chi connectivity index (χ2n) is 3.70. The van der Waals surface area contributed by atoms with Crippen molar-refractivity contribution in [2.45, 2.75) is 6.17 Å². The lowest BCUT2D eigenvalue weighted by Gasteiger charge is -2.25. The molecule has 1 aromatic carbocycles. The lowest BCUT2D eigenvalue weighted by atomic mass is 10.3. The van der Waals surface area contributed by atoms with E-state index >= 15 is 0 Å². The van der Waals surface area contributed by atoms with Crippen LogP contribution in [0.2, 0.25) is 0 Å². The zero-order valence-corrected chi connectivity index (χ0v) is 10.1. The third kappa shape index (κ3) is 2.06. The second-order valence-corrected chi connectivity index (χ2v) is 4.62. The smallest absolute Gasteiger partial charge is 0.157 e. The van der Waals surface area contributed by atoms with Crippen LogP contribution in [0.15, 0.2) is 28.7 Å². The normalized spacial score (nSPS) is 22.0. The predicted molar refractivity (Wildman–Crippen MR) is 64.0 cm³/mol. The molecular formula is C11H13BrN2O. The lowest BCUT2D eigenvalue weighted by Crippen LogP contribution is -2.38. The van der Waals surface area contributed by atoms with Crippen molar-refractivity contribution < 1.29 is 4.79 Å². The molecule has 0 N–H and O–H groups in total. The van der Waals surface area contributed by atoms with Crippen molar-refractivity contribution in [3.63, 3.8) is 0 Å². The Hall–Kier alpha value is -0.870. The molecule has 1 atom stereocenters. The van der Waals surface area contributed by atoms with Crippen LogP contribution in [0, 0.1) is 0 Å². The lowest BCUT2D eigenvalue weighted by molar-refractivity contribution is -0.111. The summed E-state index contributed by atoms with van der Waals surface area (Å²) in [6.07, 6.45) is 0.868. The molecule has 1 aliphatic rings. The van der Waals surface area contributed by atoms with E-state index in [1.165, 1.54) is 0 Å². The van der Waals surface area contributed by atoms with Crippen LogP contribution in [0.25, 0.3) is 0 Å². The van der Waals surface area contributed by atoms with Gasteiger partial charge in [0, 0.05) is 23.2 Å². The molecule has 1 aliphatic heterocycles. The molecule has 0 amide bonds. The van der Waals surface area contributed by atoms with Crippen LogP contribution in [0.4, 0.5) is 5.69 Å². The summed E-state index contributed by atoms with van der Waals surface area (Å²) in [5, 5.41) is 0. The summed E-state index contributed by atoms with van der Waals surface area (Å²) in [6.45, 7) is 1.83. The van der Waals surface area contributed by atoms with Crippen molar-refractivity contribution >= 4 is 27.9 Å². The Morgan fingerprint density at radius 2 is 2.27 bits per heavy atom. The maximum absolute atomic E-state index is 11.0. The van der Waals surface area contributed by atoms with Crippen LogP contribution >= 0.6 is 15.9 Å². The standard InChI is InChI=1S/C11H13BrN2O/c1-13-5-6-14(11(13)8-15)10-4-2-3-9(12)7-10/h2-4,7-8,11H,5-6H2,1H3. The third-order valence-electron chi connectivity index (χ3n) is 2.73. The summed E-state index contributed by atoms with van der Waals surface area (Å²) in [7, 11) is 1.97. The Morgan fingerprint density at radius 1 is 1.47 bits per heavy atom. The first kappa shape index (κ1) is 10.6. The molecule has 2 rings (SSSR count). The highest BCUT2D eigenvalue weighted by atomic mass is 79.9. The number of rotatable bonds is 2. The number of carbonyl (C=O) groups is 1. The highest BCUT2D eigenvalue weighted by molar-refractivity contribution is 9.10. The maximum Gasteiger partial charge on any atom is 0.157 e. The monoisotopic (exact) mass is 268 g/mol. The van der Waals surface area contributed by atoms with E-state index in [2.05, 4.69) is 20.8 Å². The van der Waals surface area contributed by atoms with Gasteiger partial charge in [-0.05, 0) is 25.2 Å². The number of likely N-dealkylation sites (N-methyl/N-ethyl adjacent to an activating group) is 1. The summed E-state index contributed by atoms with van der Waals surface area (Å²) in [4.78, 5) is 15.1. The van der Waals surface area contributed by atoms with Crippen molar-refractivity contribution in [2.24, 2.45) is 0 Å². The van der Waals surface area contributed by atoms with Gasteiger partial charge in [0.05, 0.1) is 0 Å². The van der Waals surface area contributed by atoms with Gasteiger partial charge in [-0.2, -0.15) is 0 Å². The summed E-state index contributed by atoms with van der Waals surface area (Å²) in [5.41, 5.74) is 1.09. The minimum Gasteiger partial charge on any atom is -0.348 e. The van der Waals surface area contributed by atoms with Crippen molar-refractivity contribution in [2.75, 3.05) is 25.0 Å². The fraction of sp³-hybridized carbons (Fsp3) is 0.364. The SMILES string of the molecule is CN1CCN(c2cccc(Br)c2)C1C=O. The van der Waals surface area contributed by atoms with Crippen LogP contribution in [-0.4, -0.2) is 37.5 Å². The molecule has 1 heterocycles. The Bertz CT molecular complexity index is 369. The van der Waals surface area contributed by atoms with Crippen LogP contribution in [0.3, 0.4) is 0 Å². The molecule has 0 aliphatic carbocycles. The van der Waals surface area contributed by atoms with Crippen molar-refractivity contribution in [1.29, 1.82) is 0 Å². The third-order valence-corrected chi connectivity index (χ3v) is 3.22. The van der Waals surface area contributed by atoms with Gasteiger partial charge in [-0.25, -0.2) is 0 Å². The van der Waals surface area contributed by atoms with E-state index in [-0.39, 0.29) is 6.17 Å². The second kappa shape index (κ2) is 4.33. The Morgan fingerprint density at radius 3 is 2.93 bits per heavy atom. The van der Waals surface area contributed by atoms with Gasteiger partial charge in [-0.15, -0.1) is 0 Å². The zero-order valence-electron chi connectivity index (χ0n) is 8.56. The van der Waals surface area contributed by atoms with Gasteiger partial charge < -0.3 is 4.90 Å².